The number of hydrogen-bond acceptors (Lipinski definition) is 3. The highest BCUT2D eigenvalue weighted by atomic mass is 35.5. The van der Waals surface area contributed by atoms with Crippen LogP contribution in [-0.2, 0) is 6.54 Å². The van der Waals surface area contributed by atoms with Crippen LogP contribution in [0, 0.1) is 0 Å². The van der Waals surface area contributed by atoms with Crippen molar-refractivity contribution < 1.29 is 4.79 Å². The Hall–Kier alpha value is -1.98. The molecule has 1 aromatic carbocycles. The molecule has 6 heteroatoms. The third kappa shape index (κ3) is 2.75. The molecule has 0 saturated carbocycles. The van der Waals surface area contributed by atoms with Gasteiger partial charge in [0, 0.05) is 34.7 Å². The van der Waals surface area contributed by atoms with Crippen LogP contribution >= 0.6 is 22.9 Å². The Balaban J connectivity index is 1.86. The van der Waals surface area contributed by atoms with Crippen LogP contribution in [0.25, 0.3) is 10.9 Å². The van der Waals surface area contributed by atoms with Gasteiger partial charge in [0.05, 0.1) is 16.4 Å². The monoisotopic (exact) mass is 319 g/mol. The highest BCUT2D eigenvalue weighted by molar-refractivity contribution is 7.16. The number of fused-ring (bicyclic) bond motifs is 1. The number of nitrogens with zero attached hydrogens (tertiary/aromatic N) is 1. The molecule has 0 saturated heterocycles. The van der Waals surface area contributed by atoms with Crippen molar-refractivity contribution >= 4 is 45.4 Å². The fourth-order valence-corrected chi connectivity index (χ4v) is 3.41. The number of carbonyl (C=O) groups excluding carboxylic acids is 1. The molecule has 2 heterocycles. The van der Waals surface area contributed by atoms with Crippen molar-refractivity contribution in [2.75, 3.05) is 12.8 Å². The van der Waals surface area contributed by atoms with E-state index in [1.54, 1.807) is 24.2 Å². The van der Waals surface area contributed by atoms with Crippen LogP contribution in [0.1, 0.15) is 15.2 Å². The number of hydrogen-bond donors (Lipinski definition) is 2. The van der Waals surface area contributed by atoms with Crippen LogP contribution in [-0.4, -0.2) is 22.8 Å². The van der Waals surface area contributed by atoms with E-state index in [0.717, 1.165) is 20.1 Å². The average molecular weight is 320 g/mol. The molecule has 0 aliphatic rings. The van der Waals surface area contributed by atoms with Crippen LogP contribution in [0.5, 0.6) is 0 Å². The van der Waals surface area contributed by atoms with E-state index >= 15 is 0 Å². The smallest absolute Gasteiger partial charge is 0.256 e. The number of thiophene rings is 1. The third-order valence-corrected chi connectivity index (χ3v) is 4.52. The average Bonchev–Trinajstić information content (AvgIpc) is 3.03. The second kappa shape index (κ2) is 5.42. The van der Waals surface area contributed by atoms with Crippen molar-refractivity contribution in [2.24, 2.45) is 0 Å². The number of amides is 1. The molecule has 0 aliphatic carbocycles. The first-order valence-corrected chi connectivity index (χ1v) is 7.60. The molecular formula is C15H14ClN3OS. The minimum absolute atomic E-state index is 0.0319. The molecule has 0 spiro atoms. The Morgan fingerprint density at radius 3 is 2.90 bits per heavy atom. The molecule has 3 rings (SSSR count). The Kier molecular flexibility index (Phi) is 3.61. The van der Waals surface area contributed by atoms with Gasteiger partial charge in [0.15, 0.2) is 0 Å². The Morgan fingerprint density at radius 2 is 2.19 bits per heavy atom. The van der Waals surface area contributed by atoms with E-state index in [4.69, 9.17) is 17.3 Å². The maximum atomic E-state index is 12.6. The summed E-state index contributed by atoms with van der Waals surface area (Å²) in [5, 5.41) is 0.880. The first kappa shape index (κ1) is 14.0. The summed E-state index contributed by atoms with van der Waals surface area (Å²) in [5.74, 6) is -0.0319. The van der Waals surface area contributed by atoms with Gasteiger partial charge in [-0.1, -0.05) is 11.6 Å². The van der Waals surface area contributed by atoms with Gasteiger partial charge in [-0.15, -0.1) is 11.3 Å². The minimum Gasteiger partial charge on any atom is -0.399 e. The summed E-state index contributed by atoms with van der Waals surface area (Å²) in [6, 6.07) is 9.27. The van der Waals surface area contributed by atoms with E-state index in [1.165, 1.54) is 11.3 Å². The zero-order chi connectivity index (χ0) is 15.0. The number of anilines is 1. The van der Waals surface area contributed by atoms with Crippen molar-refractivity contribution in [1.29, 1.82) is 0 Å². The Morgan fingerprint density at radius 1 is 1.38 bits per heavy atom. The second-order valence-electron chi connectivity index (χ2n) is 4.87. The Labute approximate surface area is 131 Å². The number of nitrogens with two attached hydrogens (primary N) is 1. The molecule has 21 heavy (non-hydrogen) atoms. The van der Waals surface area contributed by atoms with Crippen LogP contribution < -0.4 is 5.73 Å². The van der Waals surface area contributed by atoms with Gasteiger partial charge in [-0.25, -0.2) is 0 Å². The molecule has 0 bridgehead atoms. The fourth-order valence-electron chi connectivity index (χ4n) is 2.27. The maximum absolute atomic E-state index is 12.6. The number of nitrogen functional groups attached to an aromatic ring is 1. The molecule has 108 valence electrons. The van der Waals surface area contributed by atoms with Gasteiger partial charge >= 0.3 is 0 Å². The van der Waals surface area contributed by atoms with Gasteiger partial charge in [0.2, 0.25) is 0 Å². The van der Waals surface area contributed by atoms with E-state index in [2.05, 4.69) is 4.98 Å². The molecule has 0 radical (unpaired) electrons. The van der Waals surface area contributed by atoms with Gasteiger partial charge < -0.3 is 15.6 Å². The van der Waals surface area contributed by atoms with Crippen molar-refractivity contribution in [3.8, 4) is 0 Å². The normalized spacial score (nSPS) is 11.0. The first-order chi connectivity index (χ1) is 10.0. The van der Waals surface area contributed by atoms with E-state index in [1.807, 2.05) is 24.3 Å². The first-order valence-electron chi connectivity index (χ1n) is 6.41. The van der Waals surface area contributed by atoms with Crippen LogP contribution in [0.15, 0.2) is 36.5 Å². The van der Waals surface area contributed by atoms with Crippen molar-refractivity contribution in [2.45, 2.75) is 6.54 Å². The minimum atomic E-state index is -0.0319. The third-order valence-electron chi connectivity index (χ3n) is 3.30. The zero-order valence-electron chi connectivity index (χ0n) is 11.4. The topological polar surface area (TPSA) is 62.1 Å². The van der Waals surface area contributed by atoms with Crippen molar-refractivity contribution in [1.82, 2.24) is 9.88 Å². The lowest BCUT2D eigenvalue weighted by atomic mass is 10.1. The SMILES string of the molecule is CN(Cc1ccc(Cl)s1)C(=O)c1c[nH]c2cc(N)ccc12. The molecule has 0 atom stereocenters. The fraction of sp³-hybridized carbons (Fsp3) is 0.133. The lowest BCUT2D eigenvalue weighted by Gasteiger charge is -2.15. The molecule has 1 amide bonds. The largest absolute Gasteiger partial charge is 0.399 e. The summed E-state index contributed by atoms with van der Waals surface area (Å²) in [6.07, 6.45) is 1.73. The van der Waals surface area contributed by atoms with Crippen molar-refractivity contribution in [3.63, 3.8) is 0 Å². The van der Waals surface area contributed by atoms with Gasteiger partial charge in [-0.05, 0) is 30.3 Å². The standard InChI is InChI=1S/C15H14ClN3OS/c1-19(8-10-3-5-14(16)21-10)15(20)12-7-18-13-6-9(17)2-4-11(12)13/h2-7,18H,8,17H2,1H3. The predicted octanol–water partition coefficient (Wildman–Crippen LogP) is 3.74. The molecule has 3 N–H and O–H groups in total. The van der Waals surface area contributed by atoms with Crippen LogP contribution in [0.3, 0.4) is 0 Å². The molecule has 3 aromatic rings. The van der Waals surface area contributed by atoms with Crippen molar-refractivity contribution in [3.05, 3.63) is 51.3 Å². The quantitative estimate of drug-likeness (QED) is 0.722. The van der Waals surface area contributed by atoms with E-state index in [-0.39, 0.29) is 5.91 Å². The summed E-state index contributed by atoms with van der Waals surface area (Å²) in [6.45, 7) is 0.540. The van der Waals surface area contributed by atoms with Gasteiger partial charge in [-0.3, -0.25) is 4.79 Å². The number of rotatable bonds is 3. The highest BCUT2D eigenvalue weighted by Crippen LogP contribution is 2.25. The molecule has 2 aromatic heterocycles. The summed E-state index contributed by atoms with van der Waals surface area (Å²) in [4.78, 5) is 18.4. The lowest BCUT2D eigenvalue weighted by molar-refractivity contribution is 0.0788. The number of benzene rings is 1. The molecule has 0 aliphatic heterocycles. The van der Waals surface area contributed by atoms with Gasteiger partial charge in [0.1, 0.15) is 0 Å². The number of H-pyrrole nitrogens is 1. The van der Waals surface area contributed by atoms with E-state index in [9.17, 15) is 4.79 Å². The predicted molar refractivity (Wildman–Crippen MR) is 87.8 cm³/mol. The Bertz CT molecular complexity index is 808. The number of carbonyl (C=O) groups is 1. The summed E-state index contributed by atoms with van der Waals surface area (Å²) >= 11 is 7.40. The zero-order valence-corrected chi connectivity index (χ0v) is 13.0. The summed E-state index contributed by atoms with van der Waals surface area (Å²) in [5.41, 5.74) is 7.93. The summed E-state index contributed by atoms with van der Waals surface area (Å²) in [7, 11) is 1.78. The molecular weight excluding hydrogens is 306 g/mol. The number of nitrogens with one attached hydrogen (secondary N) is 1. The van der Waals surface area contributed by atoms with Gasteiger partial charge in [-0.2, -0.15) is 0 Å². The number of halogens is 1. The maximum Gasteiger partial charge on any atom is 0.256 e. The summed E-state index contributed by atoms with van der Waals surface area (Å²) < 4.78 is 0.730. The molecule has 0 unspecified atom stereocenters. The number of aromatic nitrogens is 1. The van der Waals surface area contributed by atoms with Crippen LogP contribution in [0.2, 0.25) is 4.34 Å². The van der Waals surface area contributed by atoms with Gasteiger partial charge in [0.25, 0.3) is 5.91 Å². The van der Waals surface area contributed by atoms with E-state index in [0.29, 0.717) is 17.8 Å². The number of aromatic amines is 1. The molecule has 0 fully saturated rings. The molecule has 4 nitrogen and oxygen atoms in total. The van der Waals surface area contributed by atoms with E-state index < -0.39 is 0 Å². The highest BCUT2D eigenvalue weighted by Gasteiger charge is 2.17. The second-order valence-corrected chi connectivity index (χ2v) is 6.67. The van der Waals surface area contributed by atoms with Crippen LogP contribution in [0.4, 0.5) is 5.69 Å². The lowest BCUT2D eigenvalue weighted by Crippen LogP contribution is -2.25.